The molecule has 1 aliphatic carbocycles. The van der Waals surface area contributed by atoms with Crippen LogP contribution in [0.5, 0.6) is 5.75 Å². The van der Waals surface area contributed by atoms with Gasteiger partial charge in [0.05, 0.1) is 11.6 Å². The molecule has 0 aromatic heterocycles. The number of hydrogen-bond donors (Lipinski definition) is 2. The van der Waals surface area contributed by atoms with Crippen LogP contribution >= 0.6 is 0 Å². The Morgan fingerprint density at radius 1 is 1.56 bits per heavy atom. The monoisotopic (exact) mass is 246 g/mol. The molecular formula is C14H18N2O2. The summed E-state index contributed by atoms with van der Waals surface area (Å²) in [5, 5.41) is 21.8. The highest BCUT2D eigenvalue weighted by Gasteiger charge is 2.21. The van der Waals surface area contributed by atoms with Crippen molar-refractivity contribution in [3.8, 4) is 11.8 Å². The summed E-state index contributed by atoms with van der Waals surface area (Å²) in [6.45, 7) is 2.72. The van der Waals surface area contributed by atoms with Crippen molar-refractivity contribution in [2.75, 3.05) is 13.2 Å². The van der Waals surface area contributed by atoms with Crippen molar-refractivity contribution in [3.05, 3.63) is 29.3 Å². The Morgan fingerprint density at radius 3 is 3.00 bits per heavy atom. The molecule has 0 amide bonds. The first-order chi connectivity index (χ1) is 8.69. The summed E-state index contributed by atoms with van der Waals surface area (Å²) in [4.78, 5) is 0. The number of aliphatic hydroxyl groups is 1. The molecule has 2 N–H and O–H groups in total. The van der Waals surface area contributed by atoms with Crippen LogP contribution in [0.2, 0.25) is 0 Å². The van der Waals surface area contributed by atoms with E-state index in [0.717, 1.165) is 5.56 Å². The second-order valence-corrected chi connectivity index (χ2v) is 4.74. The predicted octanol–water partition coefficient (Wildman–Crippen LogP) is 1.36. The third kappa shape index (κ3) is 3.73. The van der Waals surface area contributed by atoms with Gasteiger partial charge in [-0.05, 0) is 37.5 Å². The zero-order valence-electron chi connectivity index (χ0n) is 10.5. The van der Waals surface area contributed by atoms with Gasteiger partial charge in [-0.1, -0.05) is 6.07 Å². The smallest absolute Gasteiger partial charge is 0.123 e. The number of nitriles is 1. The van der Waals surface area contributed by atoms with Crippen LogP contribution in [-0.4, -0.2) is 30.4 Å². The molecule has 1 saturated carbocycles. The first-order valence-electron chi connectivity index (χ1n) is 6.24. The topological polar surface area (TPSA) is 65.3 Å². The number of hydrogen-bond acceptors (Lipinski definition) is 4. The van der Waals surface area contributed by atoms with Crippen molar-refractivity contribution >= 4 is 0 Å². The lowest BCUT2D eigenvalue weighted by Gasteiger charge is -2.14. The molecule has 1 atom stereocenters. The van der Waals surface area contributed by atoms with Crippen LogP contribution in [0.1, 0.15) is 24.0 Å². The Hall–Kier alpha value is -1.57. The van der Waals surface area contributed by atoms with E-state index in [4.69, 9.17) is 10.00 Å². The van der Waals surface area contributed by atoms with Gasteiger partial charge in [0, 0.05) is 12.6 Å². The van der Waals surface area contributed by atoms with Crippen LogP contribution < -0.4 is 10.1 Å². The molecule has 0 saturated heterocycles. The zero-order chi connectivity index (χ0) is 13.0. The molecule has 0 bridgehead atoms. The maximum atomic E-state index is 9.75. The summed E-state index contributed by atoms with van der Waals surface area (Å²) in [5.41, 5.74) is 1.54. The highest BCUT2D eigenvalue weighted by Crippen LogP contribution is 2.20. The molecular weight excluding hydrogens is 228 g/mol. The van der Waals surface area contributed by atoms with Crippen LogP contribution in [-0.2, 0) is 0 Å². The van der Waals surface area contributed by atoms with E-state index in [9.17, 15) is 5.11 Å². The van der Waals surface area contributed by atoms with Gasteiger partial charge in [-0.3, -0.25) is 0 Å². The fraction of sp³-hybridized carbons (Fsp3) is 0.500. The SMILES string of the molecule is Cc1ccc(C#N)cc1OCC(O)CNC1CC1. The Bertz CT molecular complexity index is 450. The average Bonchev–Trinajstić information content (AvgIpc) is 3.19. The molecule has 2 rings (SSSR count). The molecule has 4 heteroatoms. The Labute approximate surface area is 107 Å². The Balaban J connectivity index is 1.82. The van der Waals surface area contributed by atoms with Gasteiger partial charge in [-0.2, -0.15) is 5.26 Å². The molecule has 1 aliphatic rings. The maximum Gasteiger partial charge on any atom is 0.123 e. The summed E-state index contributed by atoms with van der Waals surface area (Å²) < 4.78 is 5.55. The quantitative estimate of drug-likeness (QED) is 0.795. The predicted molar refractivity (Wildman–Crippen MR) is 68.4 cm³/mol. The summed E-state index contributed by atoms with van der Waals surface area (Å²) >= 11 is 0. The van der Waals surface area contributed by atoms with Crippen molar-refractivity contribution in [1.29, 1.82) is 5.26 Å². The highest BCUT2D eigenvalue weighted by molar-refractivity contribution is 5.41. The molecule has 0 spiro atoms. The number of benzene rings is 1. The fourth-order valence-electron chi connectivity index (χ4n) is 1.66. The minimum absolute atomic E-state index is 0.245. The molecule has 1 aromatic rings. The van der Waals surface area contributed by atoms with Gasteiger partial charge < -0.3 is 15.2 Å². The molecule has 1 aromatic carbocycles. The van der Waals surface area contributed by atoms with Crippen molar-refractivity contribution in [1.82, 2.24) is 5.32 Å². The molecule has 4 nitrogen and oxygen atoms in total. The maximum absolute atomic E-state index is 9.75. The van der Waals surface area contributed by atoms with Gasteiger partial charge >= 0.3 is 0 Å². The number of aliphatic hydroxyl groups excluding tert-OH is 1. The van der Waals surface area contributed by atoms with Crippen LogP contribution in [0.15, 0.2) is 18.2 Å². The van der Waals surface area contributed by atoms with Crippen molar-refractivity contribution < 1.29 is 9.84 Å². The van der Waals surface area contributed by atoms with Crippen molar-refractivity contribution in [2.45, 2.75) is 31.9 Å². The second-order valence-electron chi connectivity index (χ2n) is 4.74. The lowest BCUT2D eigenvalue weighted by molar-refractivity contribution is 0.106. The molecule has 0 radical (unpaired) electrons. The Morgan fingerprint density at radius 2 is 2.33 bits per heavy atom. The lowest BCUT2D eigenvalue weighted by Crippen LogP contribution is -2.32. The fourth-order valence-corrected chi connectivity index (χ4v) is 1.66. The van der Waals surface area contributed by atoms with Gasteiger partial charge in [0.25, 0.3) is 0 Å². The number of aryl methyl sites for hydroxylation is 1. The minimum Gasteiger partial charge on any atom is -0.491 e. The molecule has 1 unspecified atom stereocenters. The van der Waals surface area contributed by atoms with Gasteiger partial charge in [-0.15, -0.1) is 0 Å². The van der Waals surface area contributed by atoms with Crippen molar-refractivity contribution in [2.24, 2.45) is 0 Å². The number of nitrogens with zero attached hydrogens (tertiary/aromatic N) is 1. The second kappa shape index (κ2) is 5.85. The summed E-state index contributed by atoms with van der Waals surface area (Å²) in [6.07, 6.45) is 1.89. The average molecular weight is 246 g/mol. The molecule has 18 heavy (non-hydrogen) atoms. The van der Waals surface area contributed by atoms with Crippen LogP contribution in [0, 0.1) is 18.3 Å². The van der Waals surface area contributed by atoms with Crippen LogP contribution in [0.4, 0.5) is 0 Å². The number of ether oxygens (including phenoxy) is 1. The van der Waals surface area contributed by atoms with Crippen molar-refractivity contribution in [3.63, 3.8) is 0 Å². The highest BCUT2D eigenvalue weighted by atomic mass is 16.5. The van der Waals surface area contributed by atoms with Gasteiger partial charge in [0.1, 0.15) is 18.5 Å². The van der Waals surface area contributed by atoms with Gasteiger partial charge in [0.2, 0.25) is 0 Å². The zero-order valence-corrected chi connectivity index (χ0v) is 10.5. The van der Waals surface area contributed by atoms with E-state index in [1.807, 2.05) is 13.0 Å². The standard InChI is InChI=1S/C14H18N2O2/c1-10-2-3-11(7-15)6-14(10)18-9-13(17)8-16-12-4-5-12/h2-3,6,12-13,16-17H,4-5,8-9H2,1H3. The van der Waals surface area contributed by atoms with E-state index >= 15 is 0 Å². The van der Waals surface area contributed by atoms with Crippen LogP contribution in [0.25, 0.3) is 0 Å². The van der Waals surface area contributed by atoms with E-state index in [-0.39, 0.29) is 6.61 Å². The third-order valence-electron chi connectivity index (χ3n) is 2.97. The first kappa shape index (κ1) is 12.9. The van der Waals surface area contributed by atoms with Crippen LogP contribution in [0.3, 0.4) is 0 Å². The third-order valence-corrected chi connectivity index (χ3v) is 2.97. The molecule has 0 aliphatic heterocycles. The van der Waals surface area contributed by atoms with E-state index in [1.165, 1.54) is 12.8 Å². The molecule has 96 valence electrons. The number of nitrogens with one attached hydrogen (secondary N) is 1. The largest absolute Gasteiger partial charge is 0.491 e. The summed E-state index contributed by atoms with van der Waals surface area (Å²) in [7, 11) is 0. The normalized spacial score (nSPS) is 16.1. The Kier molecular flexibility index (Phi) is 4.19. The molecule has 1 fully saturated rings. The van der Waals surface area contributed by atoms with E-state index < -0.39 is 6.10 Å². The van der Waals surface area contributed by atoms with E-state index in [1.54, 1.807) is 12.1 Å². The lowest BCUT2D eigenvalue weighted by atomic mass is 10.1. The summed E-state index contributed by atoms with van der Waals surface area (Å²) in [5.74, 6) is 0.666. The van der Waals surface area contributed by atoms with Gasteiger partial charge in [0.15, 0.2) is 0 Å². The van der Waals surface area contributed by atoms with Gasteiger partial charge in [-0.25, -0.2) is 0 Å². The summed E-state index contributed by atoms with van der Waals surface area (Å²) in [6, 6.07) is 7.97. The number of rotatable bonds is 6. The van der Waals surface area contributed by atoms with E-state index in [2.05, 4.69) is 11.4 Å². The van der Waals surface area contributed by atoms with E-state index in [0.29, 0.717) is 23.9 Å². The minimum atomic E-state index is -0.518. The first-order valence-corrected chi connectivity index (χ1v) is 6.24. The molecule has 0 heterocycles.